The monoisotopic (exact) mass is 258 g/mol. The quantitative estimate of drug-likeness (QED) is 0.825. The zero-order chi connectivity index (χ0) is 13.2. The van der Waals surface area contributed by atoms with Crippen molar-refractivity contribution >= 4 is 0 Å². The molecule has 2 heterocycles. The molecule has 3 rings (SSSR count). The molecule has 0 bridgehead atoms. The third kappa shape index (κ3) is 2.81. The van der Waals surface area contributed by atoms with E-state index in [0.717, 1.165) is 23.7 Å². The van der Waals surface area contributed by atoms with E-state index in [-0.39, 0.29) is 6.04 Å². The average Bonchev–Trinajstić information content (AvgIpc) is 3.20. The van der Waals surface area contributed by atoms with Crippen molar-refractivity contribution in [1.29, 1.82) is 0 Å². The second kappa shape index (κ2) is 5.09. The first-order valence-corrected chi connectivity index (χ1v) is 6.65. The van der Waals surface area contributed by atoms with Crippen LogP contribution in [0.5, 0.6) is 0 Å². The number of hydrogen-bond donors (Lipinski definition) is 0. The fourth-order valence-corrected chi connectivity index (χ4v) is 2.13. The molecule has 19 heavy (non-hydrogen) atoms. The highest BCUT2D eigenvalue weighted by atomic mass is 16.5. The molecule has 0 spiro atoms. The van der Waals surface area contributed by atoms with E-state index in [0.29, 0.717) is 5.92 Å². The third-order valence-corrected chi connectivity index (χ3v) is 3.66. The van der Waals surface area contributed by atoms with Gasteiger partial charge in [-0.1, -0.05) is 5.16 Å². The predicted octanol–water partition coefficient (Wildman–Crippen LogP) is 2.54. The van der Waals surface area contributed by atoms with Crippen molar-refractivity contribution in [3.05, 3.63) is 41.8 Å². The number of aromatic nitrogens is 3. The van der Waals surface area contributed by atoms with Crippen LogP contribution in [0.2, 0.25) is 0 Å². The lowest BCUT2D eigenvalue weighted by molar-refractivity contribution is 0.240. The molecule has 0 amide bonds. The van der Waals surface area contributed by atoms with Crippen molar-refractivity contribution in [2.24, 2.45) is 0 Å². The Morgan fingerprint density at radius 3 is 3.00 bits per heavy atom. The average molecular weight is 258 g/mol. The lowest BCUT2D eigenvalue weighted by atomic mass is 10.2. The van der Waals surface area contributed by atoms with Gasteiger partial charge in [0.15, 0.2) is 0 Å². The summed E-state index contributed by atoms with van der Waals surface area (Å²) in [7, 11) is 2.07. The summed E-state index contributed by atoms with van der Waals surface area (Å²) in [6.45, 7) is 2.89. The van der Waals surface area contributed by atoms with Gasteiger partial charge in [0.1, 0.15) is 12.1 Å². The molecule has 1 fully saturated rings. The third-order valence-electron chi connectivity index (χ3n) is 3.66. The Balaban J connectivity index is 1.64. The van der Waals surface area contributed by atoms with Gasteiger partial charge in [0.05, 0.1) is 11.4 Å². The molecule has 0 N–H and O–H groups in total. The maximum Gasteiger partial charge on any atom is 0.140 e. The Morgan fingerprint density at radius 2 is 2.32 bits per heavy atom. The predicted molar refractivity (Wildman–Crippen MR) is 70.4 cm³/mol. The standard InChI is InChI=1S/C14H18N4O/c1-10(13-5-6-15-9-16-13)18(2)8-12-7-14(19-17-12)11-3-4-11/h5-7,9-11H,3-4,8H2,1-2H3/t10-/m1/s1. The van der Waals surface area contributed by atoms with Crippen molar-refractivity contribution in [1.82, 2.24) is 20.0 Å². The molecule has 100 valence electrons. The molecule has 1 aliphatic carbocycles. The molecule has 2 aromatic rings. The summed E-state index contributed by atoms with van der Waals surface area (Å²) in [5.74, 6) is 1.66. The Hall–Kier alpha value is -1.75. The molecule has 1 saturated carbocycles. The highest BCUT2D eigenvalue weighted by Gasteiger charge is 2.28. The molecule has 1 aliphatic rings. The van der Waals surface area contributed by atoms with E-state index >= 15 is 0 Å². The summed E-state index contributed by atoms with van der Waals surface area (Å²) in [4.78, 5) is 10.4. The minimum absolute atomic E-state index is 0.226. The van der Waals surface area contributed by atoms with Gasteiger partial charge < -0.3 is 4.52 Å². The van der Waals surface area contributed by atoms with Gasteiger partial charge in [0, 0.05) is 30.8 Å². The van der Waals surface area contributed by atoms with Crippen LogP contribution in [-0.2, 0) is 6.54 Å². The van der Waals surface area contributed by atoms with E-state index in [1.165, 1.54) is 12.8 Å². The minimum Gasteiger partial charge on any atom is -0.361 e. The van der Waals surface area contributed by atoms with Crippen LogP contribution in [0.15, 0.2) is 29.2 Å². The topological polar surface area (TPSA) is 55.1 Å². The molecule has 0 saturated heterocycles. The highest BCUT2D eigenvalue weighted by molar-refractivity contribution is 5.14. The zero-order valence-electron chi connectivity index (χ0n) is 11.3. The summed E-state index contributed by atoms with van der Waals surface area (Å²) in [6, 6.07) is 4.25. The Labute approximate surface area is 112 Å². The van der Waals surface area contributed by atoms with Crippen LogP contribution in [0.4, 0.5) is 0 Å². The van der Waals surface area contributed by atoms with Crippen molar-refractivity contribution < 1.29 is 4.52 Å². The van der Waals surface area contributed by atoms with Crippen molar-refractivity contribution in [2.75, 3.05) is 7.05 Å². The summed E-state index contributed by atoms with van der Waals surface area (Å²) in [6.07, 6.45) is 5.83. The molecule has 0 aliphatic heterocycles. The SMILES string of the molecule is C[C@H](c1ccncn1)N(C)Cc1cc(C2CC2)on1. The maximum absolute atomic E-state index is 5.37. The van der Waals surface area contributed by atoms with E-state index in [1.54, 1.807) is 12.5 Å². The van der Waals surface area contributed by atoms with Crippen LogP contribution in [0.25, 0.3) is 0 Å². The van der Waals surface area contributed by atoms with E-state index in [2.05, 4.69) is 40.1 Å². The number of rotatable bonds is 5. The van der Waals surface area contributed by atoms with Crippen LogP contribution in [0, 0.1) is 0 Å². The van der Waals surface area contributed by atoms with E-state index in [9.17, 15) is 0 Å². The van der Waals surface area contributed by atoms with Crippen LogP contribution in [0.3, 0.4) is 0 Å². The largest absolute Gasteiger partial charge is 0.361 e. The van der Waals surface area contributed by atoms with Crippen LogP contribution in [0.1, 0.15) is 48.9 Å². The van der Waals surface area contributed by atoms with Gasteiger partial charge in [-0.2, -0.15) is 0 Å². The minimum atomic E-state index is 0.226. The van der Waals surface area contributed by atoms with Crippen LogP contribution < -0.4 is 0 Å². The summed E-state index contributed by atoms with van der Waals surface area (Å²) >= 11 is 0. The molecule has 1 atom stereocenters. The summed E-state index contributed by atoms with van der Waals surface area (Å²) < 4.78 is 5.37. The molecule has 0 unspecified atom stereocenters. The van der Waals surface area contributed by atoms with Crippen LogP contribution >= 0.6 is 0 Å². The van der Waals surface area contributed by atoms with Gasteiger partial charge in [-0.25, -0.2) is 9.97 Å². The molecular weight excluding hydrogens is 240 g/mol. The maximum atomic E-state index is 5.37. The fraction of sp³-hybridized carbons (Fsp3) is 0.500. The second-order valence-corrected chi connectivity index (χ2v) is 5.22. The van der Waals surface area contributed by atoms with Gasteiger partial charge in [-0.3, -0.25) is 4.90 Å². The normalized spacial score (nSPS) is 16.8. The number of nitrogens with zero attached hydrogens (tertiary/aromatic N) is 4. The smallest absolute Gasteiger partial charge is 0.140 e. The second-order valence-electron chi connectivity index (χ2n) is 5.22. The van der Waals surface area contributed by atoms with Gasteiger partial charge in [-0.05, 0) is 32.9 Å². The first kappa shape index (κ1) is 12.3. The van der Waals surface area contributed by atoms with Gasteiger partial charge in [0.25, 0.3) is 0 Å². The van der Waals surface area contributed by atoms with Crippen LogP contribution in [-0.4, -0.2) is 27.1 Å². The summed E-state index contributed by atoms with van der Waals surface area (Å²) in [5, 5.41) is 4.14. The molecular formula is C14H18N4O. The van der Waals surface area contributed by atoms with E-state index in [4.69, 9.17) is 4.52 Å². The van der Waals surface area contributed by atoms with Crippen molar-refractivity contribution in [3.63, 3.8) is 0 Å². The molecule has 0 radical (unpaired) electrons. The Kier molecular flexibility index (Phi) is 3.29. The van der Waals surface area contributed by atoms with Gasteiger partial charge in [-0.15, -0.1) is 0 Å². The summed E-state index contributed by atoms with van der Waals surface area (Å²) in [5.41, 5.74) is 2.01. The first-order chi connectivity index (χ1) is 9.24. The fourth-order valence-electron chi connectivity index (χ4n) is 2.13. The Bertz CT molecular complexity index is 535. The molecule has 5 heteroatoms. The zero-order valence-corrected chi connectivity index (χ0v) is 11.3. The Morgan fingerprint density at radius 1 is 1.47 bits per heavy atom. The lowest BCUT2D eigenvalue weighted by Crippen LogP contribution is -2.22. The molecule has 0 aromatic carbocycles. The number of hydrogen-bond acceptors (Lipinski definition) is 5. The van der Waals surface area contributed by atoms with Crippen molar-refractivity contribution in [2.45, 2.75) is 38.3 Å². The first-order valence-electron chi connectivity index (χ1n) is 6.65. The molecule has 2 aromatic heterocycles. The van der Waals surface area contributed by atoms with Crippen molar-refractivity contribution in [3.8, 4) is 0 Å². The molecule has 5 nitrogen and oxygen atoms in total. The van der Waals surface area contributed by atoms with E-state index < -0.39 is 0 Å². The van der Waals surface area contributed by atoms with Gasteiger partial charge >= 0.3 is 0 Å². The van der Waals surface area contributed by atoms with Gasteiger partial charge in [0.2, 0.25) is 0 Å². The lowest BCUT2D eigenvalue weighted by Gasteiger charge is -2.22. The van der Waals surface area contributed by atoms with E-state index in [1.807, 2.05) is 6.07 Å². The highest BCUT2D eigenvalue weighted by Crippen LogP contribution is 2.40.